The molecule has 28 heavy (non-hydrogen) atoms. The number of hydrogen-bond donors (Lipinski definition) is 1. The number of rotatable bonds is 3. The largest absolute Gasteiger partial charge is 0.416 e. The van der Waals surface area contributed by atoms with Crippen molar-refractivity contribution in [2.24, 2.45) is 0 Å². The molecule has 0 spiro atoms. The first-order valence-corrected chi connectivity index (χ1v) is 8.09. The van der Waals surface area contributed by atoms with Gasteiger partial charge in [0.15, 0.2) is 5.52 Å². The van der Waals surface area contributed by atoms with Gasteiger partial charge in [-0.2, -0.15) is 13.2 Å². The van der Waals surface area contributed by atoms with Gasteiger partial charge in [0.1, 0.15) is 5.82 Å². The molecule has 0 fully saturated rings. The minimum atomic E-state index is -4.57. The van der Waals surface area contributed by atoms with Gasteiger partial charge in [-0.3, -0.25) is 10.1 Å². The van der Waals surface area contributed by atoms with E-state index in [0.717, 1.165) is 12.1 Å². The fourth-order valence-corrected chi connectivity index (χ4v) is 2.92. The fourth-order valence-electron chi connectivity index (χ4n) is 2.92. The summed E-state index contributed by atoms with van der Waals surface area (Å²) < 4.78 is 41.7. The molecule has 0 unspecified atom stereocenters. The number of halogens is 3. The normalized spacial score (nSPS) is 11.9. The van der Waals surface area contributed by atoms with Crippen molar-refractivity contribution in [2.75, 3.05) is 0 Å². The summed E-state index contributed by atoms with van der Waals surface area (Å²) in [7, 11) is 0. The number of imidazole rings is 2. The number of H-pyrrole nitrogens is 1. The molecule has 0 atom stereocenters. The van der Waals surface area contributed by atoms with E-state index < -0.39 is 16.7 Å². The molecule has 0 saturated heterocycles. The van der Waals surface area contributed by atoms with Crippen LogP contribution >= 0.6 is 0 Å². The van der Waals surface area contributed by atoms with E-state index in [2.05, 4.69) is 15.0 Å². The highest BCUT2D eigenvalue weighted by Crippen LogP contribution is 2.35. The predicted octanol–water partition coefficient (Wildman–Crippen LogP) is 4.65. The zero-order valence-corrected chi connectivity index (χ0v) is 14.4. The van der Waals surface area contributed by atoms with Crippen LogP contribution in [-0.2, 0) is 6.18 Å². The topological polar surface area (TPSA) is 89.6 Å². The van der Waals surface area contributed by atoms with E-state index in [4.69, 9.17) is 0 Å². The van der Waals surface area contributed by atoms with Gasteiger partial charge in [-0.15, -0.1) is 0 Å². The molecule has 142 valence electrons. The second-order valence-corrected chi connectivity index (χ2v) is 6.20. The number of non-ortho nitro benzene ring substituents is 1. The summed E-state index contributed by atoms with van der Waals surface area (Å²) in [5.41, 5.74) is 0.417. The average molecular weight is 387 g/mol. The Morgan fingerprint density at radius 1 is 1.21 bits per heavy atom. The van der Waals surface area contributed by atoms with Gasteiger partial charge in [0.05, 0.1) is 28.0 Å². The summed E-state index contributed by atoms with van der Waals surface area (Å²) in [5.74, 6) is 0.105. The van der Waals surface area contributed by atoms with E-state index in [-0.39, 0.29) is 28.3 Å². The van der Waals surface area contributed by atoms with E-state index in [9.17, 15) is 23.3 Å². The second-order valence-electron chi connectivity index (χ2n) is 6.20. The molecule has 0 radical (unpaired) electrons. The van der Waals surface area contributed by atoms with Gasteiger partial charge in [-0.25, -0.2) is 9.97 Å². The van der Waals surface area contributed by atoms with Crippen LogP contribution in [-0.4, -0.2) is 24.4 Å². The van der Waals surface area contributed by atoms with Crippen molar-refractivity contribution in [1.29, 1.82) is 0 Å². The quantitative estimate of drug-likeness (QED) is 0.409. The Morgan fingerprint density at radius 2 is 2.00 bits per heavy atom. The van der Waals surface area contributed by atoms with Crippen molar-refractivity contribution in [1.82, 2.24) is 19.5 Å². The molecule has 2 heterocycles. The van der Waals surface area contributed by atoms with Crippen molar-refractivity contribution in [3.63, 3.8) is 0 Å². The van der Waals surface area contributed by atoms with Crippen molar-refractivity contribution in [3.8, 4) is 17.1 Å². The number of aromatic nitrogens is 4. The summed E-state index contributed by atoms with van der Waals surface area (Å²) in [5, 5.41) is 11.2. The molecular formula is C18H12F3N5O2. The molecular weight excluding hydrogens is 375 g/mol. The highest BCUT2D eigenvalue weighted by molar-refractivity contribution is 5.87. The van der Waals surface area contributed by atoms with Gasteiger partial charge in [0.25, 0.3) is 5.69 Å². The smallest absolute Gasteiger partial charge is 0.338 e. The Bertz CT molecular complexity index is 1210. The van der Waals surface area contributed by atoms with E-state index in [1.807, 2.05) is 0 Å². The van der Waals surface area contributed by atoms with Gasteiger partial charge in [0, 0.05) is 23.5 Å². The van der Waals surface area contributed by atoms with Crippen LogP contribution in [0, 0.1) is 17.0 Å². The number of benzene rings is 2. The highest BCUT2D eigenvalue weighted by Gasteiger charge is 2.32. The molecule has 0 bridgehead atoms. The van der Waals surface area contributed by atoms with Crippen LogP contribution in [0.25, 0.3) is 28.1 Å². The number of nitro groups is 1. The van der Waals surface area contributed by atoms with Crippen LogP contribution in [0.5, 0.6) is 0 Å². The second kappa shape index (κ2) is 6.19. The Kier molecular flexibility index (Phi) is 3.91. The molecule has 0 aliphatic heterocycles. The maximum absolute atomic E-state index is 13.4. The van der Waals surface area contributed by atoms with Gasteiger partial charge < -0.3 is 9.55 Å². The number of nitro benzene ring substituents is 1. The Balaban J connectivity index is 1.93. The number of nitrogens with one attached hydrogen (secondary N) is 1. The van der Waals surface area contributed by atoms with Crippen LogP contribution in [0.3, 0.4) is 0 Å². The Labute approximate surface area is 155 Å². The van der Waals surface area contributed by atoms with Crippen LogP contribution < -0.4 is 0 Å². The molecule has 10 heteroatoms. The molecule has 0 amide bonds. The highest BCUT2D eigenvalue weighted by atomic mass is 19.4. The van der Waals surface area contributed by atoms with Gasteiger partial charge in [-0.1, -0.05) is 6.07 Å². The average Bonchev–Trinajstić information content (AvgIpc) is 3.26. The third-order valence-corrected chi connectivity index (χ3v) is 4.22. The minimum Gasteiger partial charge on any atom is -0.338 e. The van der Waals surface area contributed by atoms with Gasteiger partial charge in [-0.05, 0) is 31.2 Å². The number of aromatic amines is 1. The molecule has 0 aliphatic rings. The van der Waals surface area contributed by atoms with Crippen molar-refractivity contribution in [2.45, 2.75) is 13.1 Å². The monoisotopic (exact) mass is 387 g/mol. The van der Waals surface area contributed by atoms with E-state index in [0.29, 0.717) is 11.2 Å². The van der Waals surface area contributed by atoms with Crippen LogP contribution in [0.2, 0.25) is 0 Å². The zero-order valence-electron chi connectivity index (χ0n) is 14.4. The maximum Gasteiger partial charge on any atom is 0.416 e. The van der Waals surface area contributed by atoms with Crippen LogP contribution in [0.4, 0.5) is 18.9 Å². The van der Waals surface area contributed by atoms with Gasteiger partial charge in [0.2, 0.25) is 0 Å². The molecule has 4 aromatic rings. The van der Waals surface area contributed by atoms with Crippen molar-refractivity contribution < 1.29 is 18.1 Å². The number of aryl methyl sites for hydroxylation is 1. The molecule has 2 aromatic carbocycles. The zero-order chi connectivity index (χ0) is 20.1. The van der Waals surface area contributed by atoms with Crippen LogP contribution in [0.15, 0.2) is 48.9 Å². The van der Waals surface area contributed by atoms with E-state index >= 15 is 0 Å². The molecule has 7 nitrogen and oxygen atoms in total. The molecule has 1 N–H and O–H groups in total. The minimum absolute atomic E-state index is 0.0833. The fraction of sp³-hybridized carbons (Fsp3) is 0.111. The molecule has 0 saturated carbocycles. The van der Waals surface area contributed by atoms with E-state index in [1.54, 1.807) is 19.2 Å². The lowest BCUT2D eigenvalue weighted by molar-refractivity contribution is -0.383. The summed E-state index contributed by atoms with van der Waals surface area (Å²) in [6, 6.07) is 7.83. The third kappa shape index (κ3) is 3.08. The lowest BCUT2D eigenvalue weighted by Crippen LogP contribution is -2.07. The Morgan fingerprint density at radius 3 is 2.64 bits per heavy atom. The lowest BCUT2D eigenvalue weighted by atomic mass is 10.1. The number of alkyl halides is 3. The summed E-state index contributed by atoms with van der Waals surface area (Å²) in [4.78, 5) is 21.7. The number of fused-ring (bicyclic) bond motifs is 1. The number of para-hydroxylation sites is 1. The summed E-state index contributed by atoms with van der Waals surface area (Å²) in [6.07, 6.45) is -1.56. The SMILES string of the molecule is Cc1cn(-c2cc(-c3nc4c([N+](=O)[O-])cccc4[nH]3)cc(C(F)(F)F)c2)cn1. The summed E-state index contributed by atoms with van der Waals surface area (Å²) >= 11 is 0. The first kappa shape index (κ1) is 17.7. The first-order chi connectivity index (χ1) is 13.2. The Hall–Kier alpha value is -3.69. The molecule has 4 rings (SSSR count). The first-order valence-electron chi connectivity index (χ1n) is 8.09. The lowest BCUT2D eigenvalue weighted by Gasteiger charge is -2.12. The van der Waals surface area contributed by atoms with Crippen molar-refractivity contribution >= 4 is 16.7 Å². The van der Waals surface area contributed by atoms with Crippen molar-refractivity contribution in [3.05, 3.63) is 70.3 Å². The van der Waals surface area contributed by atoms with E-state index in [1.165, 1.54) is 29.1 Å². The number of nitrogens with zero attached hydrogens (tertiary/aromatic N) is 4. The summed E-state index contributed by atoms with van der Waals surface area (Å²) in [6.45, 7) is 1.73. The van der Waals surface area contributed by atoms with Gasteiger partial charge >= 0.3 is 6.18 Å². The molecule has 0 aliphatic carbocycles. The number of hydrogen-bond acceptors (Lipinski definition) is 4. The third-order valence-electron chi connectivity index (χ3n) is 4.22. The maximum atomic E-state index is 13.4. The molecule has 2 aromatic heterocycles. The standard InChI is InChI=1S/C18H12F3N5O2/c1-10-8-25(9-22-10)13-6-11(5-12(7-13)18(19,20)21)17-23-14-3-2-4-15(26(27)28)16(14)24-17/h2-9H,1H3,(H,23,24). The predicted molar refractivity (Wildman–Crippen MR) is 95.0 cm³/mol. The van der Waals surface area contributed by atoms with Crippen LogP contribution in [0.1, 0.15) is 11.3 Å².